The molecular weight excluding hydrogens is 303 g/mol. The number of benzene rings is 2. The van der Waals surface area contributed by atoms with E-state index in [1.807, 2.05) is 66.2 Å². The third-order valence-electron chi connectivity index (χ3n) is 3.38. The molecule has 21 heavy (non-hydrogen) atoms. The summed E-state index contributed by atoms with van der Waals surface area (Å²) in [5.74, 6) is 0. The van der Waals surface area contributed by atoms with Crippen LogP contribution in [0.1, 0.15) is 11.1 Å². The molecule has 0 saturated carbocycles. The predicted molar refractivity (Wildman–Crippen MR) is 88.0 cm³/mol. The van der Waals surface area contributed by atoms with Gasteiger partial charge in [-0.05, 0) is 24.6 Å². The Kier molecular flexibility index (Phi) is 4.00. The van der Waals surface area contributed by atoms with Crippen LogP contribution >= 0.6 is 23.2 Å². The van der Waals surface area contributed by atoms with Crippen LogP contribution in [0, 0.1) is 6.92 Å². The van der Waals surface area contributed by atoms with Gasteiger partial charge in [0, 0.05) is 16.1 Å². The molecule has 2 aromatic carbocycles. The maximum absolute atomic E-state index is 6.42. The van der Waals surface area contributed by atoms with Gasteiger partial charge in [-0.2, -0.15) is 5.10 Å². The molecule has 0 spiro atoms. The molecule has 0 unspecified atom stereocenters. The van der Waals surface area contributed by atoms with Gasteiger partial charge < -0.3 is 0 Å². The average Bonchev–Trinajstić information content (AvgIpc) is 2.77. The van der Waals surface area contributed by atoms with Crippen molar-refractivity contribution in [2.45, 2.75) is 13.5 Å². The van der Waals surface area contributed by atoms with Crippen molar-refractivity contribution >= 4 is 23.2 Å². The summed E-state index contributed by atoms with van der Waals surface area (Å²) in [6.45, 7) is 2.60. The first kappa shape index (κ1) is 14.2. The van der Waals surface area contributed by atoms with Gasteiger partial charge in [-0.3, -0.25) is 0 Å². The summed E-state index contributed by atoms with van der Waals surface area (Å²) in [6, 6.07) is 17.8. The molecule has 0 aliphatic rings. The van der Waals surface area contributed by atoms with Crippen LogP contribution in [0.2, 0.25) is 10.2 Å². The Hall–Kier alpha value is -1.77. The van der Waals surface area contributed by atoms with Crippen molar-refractivity contribution in [3.05, 3.63) is 75.9 Å². The lowest BCUT2D eigenvalue weighted by Gasteiger charge is -2.04. The van der Waals surface area contributed by atoms with E-state index in [-0.39, 0.29) is 0 Å². The smallest absolute Gasteiger partial charge is 0.130 e. The summed E-state index contributed by atoms with van der Waals surface area (Å²) < 4.78 is 1.81. The van der Waals surface area contributed by atoms with Crippen LogP contribution in [0.3, 0.4) is 0 Å². The van der Waals surface area contributed by atoms with Crippen molar-refractivity contribution in [3.63, 3.8) is 0 Å². The molecule has 4 heteroatoms. The molecule has 2 nitrogen and oxygen atoms in total. The van der Waals surface area contributed by atoms with Crippen molar-refractivity contribution in [2.75, 3.05) is 0 Å². The van der Waals surface area contributed by atoms with Gasteiger partial charge in [0.1, 0.15) is 5.15 Å². The molecule has 0 amide bonds. The van der Waals surface area contributed by atoms with Gasteiger partial charge in [0.2, 0.25) is 0 Å². The zero-order valence-electron chi connectivity index (χ0n) is 11.6. The lowest BCUT2D eigenvalue weighted by Crippen LogP contribution is -2.02. The molecule has 0 aliphatic heterocycles. The highest BCUT2D eigenvalue weighted by molar-refractivity contribution is 6.31. The van der Waals surface area contributed by atoms with E-state index in [0.717, 1.165) is 27.4 Å². The van der Waals surface area contributed by atoms with Crippen LogP contribution in [0.25, 0.3) is 11.3 Å². The Balaban J connectivity index is 1.98. The van der Waals surface area contributed by atoms with E-state index >= 15 is 0 Å². The minimum Gasteiger partial charge on any atom is -0.249 e. The van der Waals surface area contributed by atoms with Crippen LogP contribution < -0.4 is 0 Å². The van der Waals surface area contributed by atoms with Crippen LogP contribution in [-0.2, 0) is 6.54 Å². The number of hydrogen-bond acceptors (Lipinski definition) is 1. The molecule has 0 bridgehead atoms. The van der Waals surface area contributed by atoms with Gasteiger partial charge in [-0.15, -0.1) is 0 Å². The summed E-state index contributed by atoms with van der Waals surface area (Å²) in [6.07, 6.45) is 0. The largest absolute Gasteiger partial charge is 0.249 e. The second kappa shape index (κ2) is 5.92. The summed E-state index contributed by atoms with van der Waals surface area (Å²) in [7, 11) is 0. The van der Waals surface area contributed by atoms with Crippen molar-refractivity contribution in [1.29, 1.82) is 0 Å². The zero-order chi connectivity index (χ0) is 14.8. The highest BCUT2D eigenvalue weighted by Gasteiger charge is 2.14. The normalized spacial score (nSPS) is 10.8. The summed E-state index contributed by atoms with van der Waals surface area (Å²) in [4.78, 5) is 0. The molecular formula is C17H14Cl2N2. The van der Waals surface area contributed by atoms with Crippen molar-refractivity contribution in [3.8, 4) is 11.3 Å². The summed E-state index contributed by atoms with van der Waals surface area (Å²) in [5, 5.41) is 6.03. The Morgan fingerprint density at radius 2 is 1.76 bits per heavy atom. The molecule has 0 aliphatic carbocycles. The minimum absolute atomic E-state index is 0.604. The van der Waals surface area contributed by atoms with Gasteiger partial charge in [-0.25, -0.2) is 4.68 Å². The molecule has 0 N–H and O–H groups in total. The van der Waals surface area contributed by atoms with Crippen LogP contribution in [-0.4, -0.2) is 9.78 Å². The topological polar surface area (TPSA) is 17.8 Å². The average molecular weight is 317 g/mol. The van der Waals surface area contributed by atoms with Gasteiger partial charge in [-0.1, -0.05) is 65.7 Å². The van der Waals surface area contributed by atoms with E-state index in [2.05, 4.69) is 5.10 Å². The quantitative estimate of drug-likeness (QED) is 0.648. The first-order valence-corrected chi connectivity index (χ1v) is 7.43. The predicted octanol–water partition coefficient (Wildman–Crippen LogP) is 5.21. The lowest BCUT2D eigenvalue weighted by atomic mass is 10.1. The van der Waals surface area contributed by atoms with Crippen molar-refractivity contribution in [1.82, 2.24) is 9.78 Å². The Morgan fingerprint density at radius 3 is 2.48 bits per heavy atom. The summed E-state index contributed by atoms with van der Waals surface area (Å²) in [5.41, 5.74) is 4.06. The first-order valence-electron chi connectivity index (χ1n) is 6.68. The summed E-state index contributed by atoms with van der Waals surface area (Å²) >= 11 is 12.4. The van der Waals surface area contributed by atoms with E-state index < -0.39 is 0 Å². The van der Waals surface area contributed by atoms with Gasteiger partial charge >= 0.3 is 0 Å². The molecule has 0 saturated heterocycles. The third-order valence-corrected chi connectivity index (χ3v) is 4.09. The second-order valence-electron chi connectivity index (χ2n) is 4.92. The highest BCUT2D eigenvalue weighted by Crippen LogP contribution is 2.28. The molecule has 3 rings (SSSR count). The maximum Gasteiger partial charge on any atom is 0.130 e. The molecule has 0 radical (unpaired) electrons. The molecule has 1 heterocycles. The van der Waals surface area contributed by atoms with Crippen LogP contribution in [0.4, 0.5) is 0 Å². The number of hydrogen-bond donors (Lipinski definition) is 0. The number of halogens is 2. The van der Waals surface area contributed by atoms with Gasteiger partial charge in [0.25, 0.3) is 0 Å². The molecule has 0 atom stereocenters. The SMILES string of the molecule is Cc1c(-c2ccccc2)nn(Cc2cccc(Cl)c2)c1Cl. The van der Waals surface area contributed by atoms with Crippen molar-refractivity contribution in [2.24, 2.45) is 0 Å². The Labute approximate surface area is 133 Å². The number of aromatic nitrogens is 2. The van der Waals surface area contributed by atoms with E-state index in [0.29, 0.717) is 11.7 Å². The van der Waals surface area contributed by atoms with Gasteiger partial charge in [0.05, 0.1) is 12.2 Å². The lowest BCUT2D eigenvalue weighted by molar-refractivity contribution is 0.690. The first-order chi connectivity index (χ1) is 10.1. The minimum atomic E-state index is 0.604. The zero-order valence-corrected chi connectivity index (χ0v) is 13.1. The van der Waals surface area contributed by atoms with Crippen LogP contribution in [0.15, 0.2) is 54.6 Å². The van der Waals surface area contributed by atoms with Crippen LogP contribution in [0.5, 0.6) is 0 Å². The number of nitrogens with zero attached hydrogens (tertiary/aromatic N) is 2. The van der Waals surface area contributed by atoms with Crippen molar-refractivity contribution < 1.29 is 0 Å². The Bertz CT molecular complexity index is 764. The van der Waals surface area contributed by atoms with E-state index in [9.17, 15) is 0 Å². The maximum atomic E-state index is 6.42. The third kappa shape index (κ3) is 2.97. The van der Waals surface area contributed by atoms with E-state index in [4.69, 9.17) is 23.2 Å². The van der Waals surface area contributed by atoms with E-state index in [1.165, 1.54) is 0 Å². The fraction of sp³-hybridized carbons (Fsp3) is 0.118. The number of rotatable bonds is 3. The fourth-order valence-electron chi connectivity index (χ4n) is 2.31. The van der Waals surface area contributed by atoms with E-state index in [1.54, 1.807) is 0 Å². The monoisotopic (exact) mass is 316 g/mol. The molecule has 3 aromatic rings. The van der Waals surface area contributed by atoms with Gasteiger partial charge in [0.15, 0.2) is 0 Å². The molecule has 0 fully saturated rings. The Morgan fingerprint density at radius 1 is 1.00 bits per heavy atom. The standard InChI is InChI=1S/C17H14Cl2N2/c1-12-16(14-7-3-2-4-8-14)20-21(17(12)19)11-13-6-5-9-15(18)10-13/h2-10H,11H2,1H3. The molecule has 1 aromatic heterocycles. The second-order valence-corrected chi connectivity index (χ2v) is 5.71. The molecule has 106 valence electrons. The highest BCUT2D eigenvalue weighted by atomic mass is 35.5. The fourth-order valence-corrected chi connectivity index (χ4v) is 2.71.